The highest BCUT2D eigenvalue weighted by atomic mass is 16.5. The van der Waals surface area contributed by atoms with Gasteiger partial charge in [0, 0.05) is 11.6 Å². The first-order valence-corrected chi connectivity index (χ1v) is 5.55. The molecule has 0 aliphatic heterocycles. The maximum Gasteiger partial charge on any atom is 0.292 e. The van der Waals surface area contributed by atoms with Crippen LogP contribution in [0.1, 0.15) is 0 Å². The smallest absolute Gasteiger partial charge is 0.292 e. The molecule has 0 spiro atoms. The lowest BCUT2D eigenvalue weighted by atomic mass is 10.1. The van der Waals surface area contributed by atoms with Gasteiger partial charge in [-0.25, -0.2) is 0 Å². The highest BCUT2D eigenvalue weighted by Crippen LogP contribution is 2.22. The maximum atomic E-state index is 8.95. The second kappa shape index (κ2) is 5.77. The van der Waals surface area contributed by atoms with Gasteiger partial charge in [-0.3, -0.25) is 9.78 Å². The van der Waals surface area contributed by atoms with Crippen molar-refractivity contribution < 1.29 is 9.53 Å². The molecule has 3 nitrogen and oxygen atoms in total. The van der Waals surface area contributed by atoms with E-state index in [-0.39, 0.29) is 0 Å². The van der Waals surface area contributed by atoms with Gasteiger partial charge in [-0.15, -0.1) is 0 Å². The number of aromatic nitrogens is 1. The van der Waals surface area contributed by atoms with Crippen molar-refractivity contribution in [1.29, 1.82) is 0 Å². The molecule has 0 radical (unpaired) electrons. The summed E-state index contributed by atoms with van der Waals surface area (Å²) in [5.74, 6) is 0. The molecule has 0 aliphatic carbocycles. The summed E-state index contributed by atoms with van der Waals surface area (Å²) in [6.45, 7) is 0.375. The van der Waals surface area contributed by atoms with Gasteiger partial charge in [0.2, 0.25) is 0 Å². The zero-order chi connectivity index (χ0) is 12.8. The van der Waals surface area contributed by atoms with Gasteiger partial charge in [0.1, 0.15) is 0 Å². The Morgan fingerprint density at radius 2 is 1.72 bits per heavy atom. The van der Waals surface area contributed by atoms with Crippen molar-refractivity contribution >= 4 is 28.1 Å². The van der Waals surface area contributed by atoms with Crippen molar-refractivity contribution in [1.82, 2.24) is 4.98 Å². The number of pyridine rings is 1. The fraction of sp³-hybridized carbons (Fsp3) is 0.0667. The van der Waals surface area contributed by atoms with Gasteiger partial charge in [-0.1, -0.05) is 36.4 Å². The average molecular weight is 239 g/mol. The molecule has 0 N–H and O–H groups in total. The third-order valence-electron chi connectivity index (χ3n) is 2.61. The van der Waals surface area contributed by atoms with Crippen molar-refractivity contribution in [2.75, 3.05) is 7.11 Å². The molecule has 0 amide bonds. The predicted molar refractivity (Wildman–Crippen MR) is 72.3 cm³/mol. The summed E-state index contributed by atoms with van der Waals surface area (Å²) in [6, 6.07) is 16.7. The molecule has 0 saturated carbocycles. The van der Waals surface area contributed by atoms with Crippen LogP contribution in [-0.2, 0) is 9.53 Å². The second-order valence-electron chi connectivity index (χ2n) is 3.69. The van der Waals surface area contributed by atoms with E-state index in [9.17, 15) is 0 Å². The lowest BCUT2D eigenvalue weighted by Crippen LogP contribution is -1.79. The van der Waals surface area contributed by atoms with Crippen LogP contribution in [0.4, 0.5) is 0 Å². The van der Waals surface area contributed by atoms with Gasteiger partial charge < -0.3 is 4.74 Å². The Morgan fingerprint density at radius 3 is 2.50 bits per heavy atom. The van der Waals surface area contributed by atoms with Crippen LogP contribution in [0.3, 0.4) is 0 Å². The number of benzene rings is 2. The average Bonchev–Trinajstić information content (AvgIpc) is 2.47. The third-order valence-corrected chi connectivity index (χ3v) is 2.61. The zero-order valence-corrected chi connectivity index (χ0v) is 10.0. The van der Waals surface area contributed by atoms with Crippen LogP contribution in [0.25, 0.3) is 21.7 Å². The SMILES string of the molecule is COC=O.c1ccc2c(c1)ccc1ncccc12. The lowest BCUT2D eigenvalue weighted by Gasteiger charge is -2.01. The molecule has 0 saturated heterocycles. The van der Waals surface area contributed by atoms with E-state index < -0.39 is 0 Å². The second-order valence-corrected chi connectivity index (χ2v) is 3.69. The summed E-state index contributed by atoms with van der Waals surface area (Å²) in [6.07, 6.45) is 1.83. The number of rotatable bonds is 1. The summed E-state index contributed by atoms with van der Waals surface area (Å²) in [7, 11) is 1.31. The summed E-state index contributed by atoms with van der Waals surface area (Å²) in [4.78, 5) is 13.3. The van der Waals surface area contributed by atoms with Gasteiger partial charge in [0.25, 0.3) is 6.47 Å². The third kappa shape index (κ3) is 2.46. The van der Waals surface area contributed by atoms with E-state index in [2.05, 4.69) is 52.2 Å². The number of methoxy groups -OCH3 is 1. The first kappa shape index (κ1) is 12.0. The van der Waals surface area contributed by atoms with Gasteiger partial charge in [0.05, 0.1) is 12.6 Å². The van der Waals surface area contributed by atoms with Crippen LogP contribution < -0.4 is 0 Å². The molecular formula is C15H13NO2. The number of hydrogen-bond acceptors (Lipinski definition) is 3. The van der Waals surface area contributed by atoms with Gasteiger partial charge >= 0.3 is 0 Å². The maximum absolute atomic E-state index is 8.95. The van der Waals surface area contributed by atoms with Crippen molar-refractivity contribution in [2.45, 2.75) is 0 Å². The number of nitrogens with zero attached hydrogens (tertiary/aromatic N) is 1. The monoisotopic (exact) mass is 239 g/mol. The summed E-state index contributed by atoms with van der Waals surface area (Å²) in [5.41, 5.74) is 1.06. The summed E-state index contributed by atoms with van der Waals surface area (Å²) >= 11 is 0. The first-order chi connectivity index (χ1) is 8.86. The summed E-state index contributed by atoms with van der Waals surface area (Å²) in [5, 5.41) is 3.77. The number of fused-ring (bicyclic) bond motifs is 3. The van der Waals surface area contributed by atoms with E-state index >= 15 is 0 Å². The number of ether oxygens (including phenoxy) is 1. The minimum Gasteiger partial charge on any atom is -0.471 e. The van der Waals surface area contributed by atoms with E-state index in [0.717, 1.165) is 5.52 Å². The molecule has 3 heteroatoms. The largest absolute Gasteiger partial charge is 0.471 e. The molecule has 90 valence electrons. The zero-order valence-electron chi connectivity index (χ0n) is 10.0. The van der Waals surface area contributed by atoms with Crippen molar-refractivity contribution in [3.8, 4) is 0 Å². The highest BCUT2D eigenvalue weighted by molar-refractivity contribution is 6.05. The van der Waals surface area contributed by atoms with Crippen LogP contribution >= 0.6 is 0 Å². The molecular weight excluding hydrogens is 226 g/mol. The molecule has 0 unspecified atom stereocenters. The number of carbonyl (C=O) groups is 1. The van der Waals surface area contributed by atoms with E-state index in [1.165, 1.54) is 23.3 Å². The van der Waals surface area contributed by atoms with Crippen molar-refractivity contribution in [3.05, 3.63) is 54.7 Å². The molecule has 2 aromatic carbocycles. The Hall–Kier alpha value is -2.42. The summed E-state index contributed by atoms with van der Waals surface area (Å²) < 4.78 is 3.86. The van der Waals surface area contributed by atoms with Crippen LogP contribution in [0, 0.1) is 0 Å². The minimum absolute atomic E-state index is 0.375. The molecule has 0 aliphatic rings. The molecule has 0 atom stereocenters. The topological polar surface area (TPSA) is 39.2 Å². The quantitative estimate of drug-likeness (QED) is 0.483. The molecule has 18 heavy (non-hydrogen) atoms. The Bertz CT molecular complexity index is 610. The van der Waals surface area contributed by atoms with E-state index in [1.807, 2.05) is 12.3 Å². The van der Waals surface area contributed by atoms with Crippen molar-refractivity contribution in [3.63, 3.8) is 0 Å². The van der Waals surface area contributed by atoms with Gasteiger partial charge in [0.15, 0.2) is 0 Å². The Balaban J connectivity index is 0.000000267. The number of hydrogen-bond donors (Lipinski definition) is 0. The van der Waals surface area contributed by atoms with E-state index in [4.69, 9.17) is 4.79 Å². The van der Waals surface area contributed by atoms with E-state index in [0.29, 0.717) is 6.47 Å². The van der Waals surface area contributed by atoms with Crippen LogP contribution in [-0.4, -0.2) is 18.6 Å². The molecule has 1 heterocycles. The normalized spacial score (nSPS) is 9.61. The fourth-order valence-electron chi connectivity index (χ4n) is 1.83. The molecule has 3 aromatic rings. The predicted octanol–water partition coefficient (Wildman–Crippen LogP) is 3.18. The number of carbonyl (C=O) groups excluding carboxylic acids is 1. The van der Waals surface area contributed by atoms with E-state index in [1.54, 1.807) is 0 Å². The molecule has 0 bridgehead atoms. The highest BCUT2D eigenvalue weighted by Gasteiger charge is 1.98. The molecule has 1 aromatic heterocycles. The van der Waals surface area contributed by atoms with Crippen LogP contribution in [0.2, 0.25) is 0 Å². The first-order valence-electron chi connectivity index (χ1n) is 5.55. The minimum atomic E-state index is 0.375. The van der Waals surface area contributed by atoms with Crippen molar-refractivity contribution in [2.24, 2.45) is 0 Å². The van der Waals surface area contributed by atoms with Gasteiger partial charge in [-0.05, 0) is 22.9 Å². The standard InChI is InChI=1S/C13H9N.C2H4O2/c1-2-5-11-10(4-1)7-8-13-12(11)6-3-9-14-13;1-4-2-3/h1-9H;2H,1H3. The Morgan fingerprint density at radius 1 is 1.00 bits per heavy atom. The van der Waals surface area contributed by atoms with Crippen LogP contribution in [0.15, 0.2) is 54.7 Å². The molecule has 0 fully saturated rings. The molecule has 3 rings (SSSR count). The fourth-order valence-corrected chi connectivity index (χ4v) is 1.83. The van der Waals surface area contributed by atoms with Gasteiger partial charge in [-0.2, -0.15) is 0 Å². The Kier molecular flexibility index (Phi) is 3.86. The Labute approximate surface area is 105 Å². The lowest BCUT2D eigenvalue weighted by molar-refractivity contribution is -0.126. The van der Waals surface area contributed by atoms with Crippen LogP contribution in [0.5, 0.6) is 0 Å².